The van der Waals surface area contributed by atoms with E-state index in [2.05, 4.69) is 16.5 Å². The zero-order valence-corrected chi connectivity index (χ0v) is 13.5. The topological polar surface area (TPSA) is 49.4 Å². The maximum atomic E-state index is 13.5. The number of nitrogens with zero attached hydrogens (tertiary/aromatic N) is 1. The Morgan fingerprint density at radius 2 is 1.95 bits per heavy atom. The van der Waals surface area contributed by atoms with Gasteiger partial charge in [-0.1, -0.05) is 6.92 Å². The summed E-state index contributed by atoms with van der Waals surface area (Å²) in [6, 6.07) is 2.41. The number of nitrogens with one attached hydrogen (secondary N) is 1. The molecule has 1 aromatic carbocycles. The fraction of sp³-hybridized carbons (Fsp3) is 0.600. The van der Waals surface area contributed by atoms with Crippen molar-refractivity contribution in [1.82, 2.24) is 9.62 Å². The molecule has 4 nitrogen and oxygen atoms in total. The van der Waals surface area contributed by atoms with Crippen molar-refractivity contribution in [3.63, 3.8) is 0 Å². The monoisotopic (exact) mass is 332 g/mol. The predicted molar refractivity (Wildman–Crippen MR) is 81.0 cm³/mol. The molecule has 0 unspecified atom stereocenters. The molecular formula is C15H22F2N2O2S. The summed E-state index contributed by atoms with van der Waals surface area (Å²) in [4.78, 5) is 1.66. The van der Waals surface area contributed by atoms with E-state index >= 15 is 0 Å². The second kappa shape index (κ2) is 7.48. The standard InChI is InChI=1S/C15H22F2N2O2S/c1-12-5-9-19(10-6-12)8-2-7-18-22(20,21)15-11-13(16)3-4-14(15)17/h3-4,11-12,18H,2,5-10H2,1H3. The highest BCUT2D eigenvalue weighted by molar-refractivity contribution is 7.89. The minimum Gasteiger partial charge on any atom is -0.303 e. The van der Waals surface area contributed by atoms with Gasteiger partial charge in [-0.3, -0.25) is 0 Å². The zero-order valence-electron chi connectivity index (χ0n) is 12.7. The van der Waals surface area contributed by atoms with Crippen LogP contribution in [0.5, 0.6) is 0 Å². The van der Waals surface area contributed by atoms with Crippen LogP contribution in [0.25, 0.3) is 0 Å². The highest BCUT2D eigenvalue weighted by atomic mass is 32.2. The van der Waals surface area contributed by atoms with Crippen LogP contribution in [-0.4, -0.2) is 39.5 Å². The van der Waals surface area contributed by atoms with Crippen LogP contribution < -0.4 is 4.72 Å². The molecule has 1 fully saturated rings. The molecule has 1 aromatic rings. The van der Waals surface area contributed by atoms with E-state index in [4.69, 9.17) is 0 Å². The molecule has 1 N–H and O–H groups in total. The molecule has 0 bridgehead atoms. The number of hydrogen-bond donors (Lipinski definition) is 1. The lowest BCUT2D eigenvalue weighted by atomic mass is 9.99. The molecule has 0 radical (unpaired) electrons. The summed E-state index contributed by atoms with van der Waals surface area (Å²) < 4.78 is 52.8. The Bertz CT molecular complexity index is 600. The normalized spacial score (nSPS) is 17.8. The van der Waals surface area contributed by atoms with Gasteiger partial charge in [0.2, 0.25) is 10.0 Å². The van der Waals surface area contributed by atoms with E-state index in [1.807, 2.05) is 0 Å². The average molecular weight is 332 g/mol. The Hall–Kier alpha value is -1.05. The smallest absolute Gasteiger partial charge is 0.243 e. The molecule has 7 heteroatoms. The third kappa shape index (κ3) is 4.72. The molecule has 1 aliphatic heterocycles. The molecule has 0 atom stereocenters. The zero-order chi connectivity index (χ0) is 16.2. The Balaban J connectivity index is 1.82. The van der Waals surface area contributed by atoms with Crippen LogP contribution in [0.3, 0.4) is 0 Å². The van der Waals surface area contributed by atoms with Crippen molar-refractivity contribution in [3.8, 4) is 0 Å². The van der Waals surface area contributed by atoms with E-state index in [1.165, 1.54) is 12.8 Å². The Morgan fingerprint density at radius 1 is 1.27 bits per heavy atom. The van der Waals surface area contributed by atoms with Gasteiger partial charge in [0, 0.05) is 6.54 Å². The fourth-order valence-electron chi connectivity index (χ4n) is 2.56. The van der Waals surface area contributed by atoms with Crippen LogP contribution in [0, 0.1) is 17.6 Å². The van der Waals surface area contributed by atoms with Gasteiger partial charge < -0.3 is 4.90 Å². The molecule has 1 aliphatic rings. The van der Waals surface area contributed by atoms with Crippen molar-refractivity contribution in [1.29, 1.82) is 0 Å². The molecule has 0 spiro atoms. The first-order valence-corrected chi connectivity index (χ1v) is 9.04. The fourth-order valence-corrected chi connectivity index (χ4v) is 3.72. The maximum absolute atomic E-state index is 13.5. The molecule has 0 aromatic heterocycles. The van der Waals surface area contributed by atoms with Crippen molar-refractivity contribution < 1.29 is 17.2 Å². The van der Waals surface area contributed by atoms with Gasteiger partial charge in [0.15, 0.2) is 0 Å². The maximum Gasteiger partial charge on any atom is 0.243 e. The summed E-state index contributed by atoms with van der Waals surface area (Å²) in [5.41, 5.74) is 0. The Kier molecular flexibility index (Phi) is 5.88. The Morgan fingerprint density at radius 3 is 2.64 bits per heavy atom. The van der Waals surface area contributed by atoms with E-state index in [-0.39, 0.29) is 6.54 Å². The first kappa shape index (κ1) is 17.3. The number of halogens is 2. The summed E-state index contributed by atoms with van der Waals surface area (Å²) in [5, 5.41) is 0. The summed E-state index contributed by atoms with van der Waals surface area (Å²) in [7, 11) is -4.01. The third-order valence-corrected chi connectivity index (χ3v) is 5.48. The summed E-state index contributed by atoms with van der Waals surface area (Å²) in [6.45, 7) is 5.32. The van der Waals surface area contributed by atoms with Crippen LogP contribution >= 0.6 is 0 Å². The van der Waals surface area contributed by atoms with E-state index in [0.717, 1.165) is 37.7 Å². The lowest BCUT2D eigenvalue weighted by molar-refractivity contribution is 0.191. The molecule has 1 heterocycles. The summed E-state index contributed by atoms with van der Waals surface area (Å²) >= 11 is 0. The third-order valence-electron chi connectivity index (χ3n) is 4.00. The van der Waals surface area contributed by atoms with Gasteiger partial charge >= 0.3 is 0 Å². The van der Waals surface area contributed by atoms with E-state index < -0.39 is 26.6 Å². The predicted octanol–water partition coefficient (Wildman–Crippen LogP) is 2.37. The lowest BCUT2D eigenvalue weighted by Crippen LogP contribution is -2.35. The molecule has 2 rings (SSSR count). The van der Waals surface area contributed by atoms with Crippen molar-refractivity contribution in [2.75, 3.05) is 26.2 Å². The number of benzene rings is 1. The molecule has 22 heavy (non-hydrogen) atoms. The second-order valence-electron chi connectivity index (χ2n) is 5.85. The van der Waals surface area contributed by atoms with E-state index in [1.54, 1.807) is 0 Å². The number of piperidine rings is 1. The van der Waals surface area contributed by atoms with Gasteiger partial charge in [-0.05, 0) is 63.0 Å². The second-order valence-corrected chi connectivity index (χ2v) is 7.59. The van der Waals surface area contributed by atoms with E-state index in [0.29, 0.717) is 12.5 Å². The van der Waals surface area contributed by atoms with Crippen molar-refractivity contribution in [2.45, 2.75) is 31.1 Å². The lowest BCUT2D eigenvalue weighted by Gasteiger charge is -2.30. The van der Waals surface area contributed by atoms with Gasteiger partial charge in [-0.15, -0.1) is 0 Å². The van der Waals surface area contributed by atoms with Gasteiger partial charge in [0.25, 0.3) is 0 Å². The van der Waals surface area contributed by atoms with Crippen molar-refractivity contribution >= 4 is 10.0 Å². The van der Waals surface area contributed by atoms with Crippen LogP contribution in [0.15, 0.2) is 23.1 Å². The van der Waals surface area contributed by atoms with Crippen molar-refractivity contribution in [2.24, 2.45) is 5.92 Å². The van der Waals surface area contributed by atoms with Crippen LogP contribution in [-0.2, 0) is 10.0 Å². The van der Waals surface area contributed by atoms with Gasteiger partial charge in [0.05, 0.1) is 0 Å². The molecule has 0 amide bonds. The van der Waals surface area contributed by atoms with E-state index in [9.17, 15) is 17.2 Å². The van der Waals surface area contributed by atoms with Crippen LogP contribution in [0.1, 0.15) is 26.2 Å². The minimum absolute atomic E-state index is 0.213. The minimum atomic E-state index is -4.01. The number of rotatable bonds is 6. The first-order valence-electron chi connectivity index (χ1n) is 7.55. The van der Waals surface area contributed by atoms with Crippen LogP contribution in [0.2, 0.25) is 0 Å². The summed E-state index contributed by atoms with van der Waals surface area (Å²) in [5.74, 6) is -0.964. The van der Waals surface area contributed by atoms with Gasteiger partial charge in [0.1, 0.15) is 16.5 Å². The van der Waals surface area contributed by atoms with Gasteiger partial charge in [-0.25, -0.2) is 21.9 Å². The largest absolute Gasteiger partial charge is 0.303 e. The molecule has 1 saturated heterocycles. The first-order chi connectivity index (χ1) is 10.4. The van der Waals surface area contributed by atoms with Gasteiger partial charge in [-0.2, -0.15) is 0 Å². The molecule has 0 aliphatic carbocycles. The highest BCUT2D eigenvalue weighted by Crippen LogP contribution is 2.17. The molecule has 124 valence electrons. The SMILES string of the molecule is CC1CCN(CCCNS(=O)(=O)c2cc(F)ccc2F)CC1. The highest BCUT2D eigenvalue weighted by Gasteiger charge is 2.20. The quantitative estimate of drug-likeness (QED) is 0.814. The molecule has 0 saturated carbocycles. The van der Waals surface area contributed by atoms with Crippen LogP contribution in [0.4, 0.5) is 8.78 Å². The average Bonchev–Trinajstić information content (AvgIpc) is 2.48. The number of hydrogen-bond acceptors (Lipinski definition) is 3. The number of sulfonamides is 1. The van der Waals surface area contributed by atoms with Crippen molar-refractivity contribution in [3.05, 3.63) is 29.8 Å². The number of likely N-dealkylation sites (tertiary alicyclic amines) is 1. The molecular weight excluding hydrogens is 310 g/mol. The summed E-state index contributed by atoms with van der Waals surface area (Å²) in [6.07, 6.45) is 2.98. The Labute approximate surface area is 130 Å².